The van der Waals surface area contributed by atoms with E-state index in [1.807, 2.05) is 36.8 Å². The molecule has 2 aromatic rings. The summed E-state index contributed by atoms with van der Waals surface area (Å²) in [6.07, 6.45) is 3.82. The predicted octanol–water partition coefficient (Wildman–Crippen LogP) is 3.06. The highest BCUT2D eigenvalue weighted by molar-refractivity contribution is 7.98. The summed E-state index contributed by atoms with van der Waals surface area (Å²) in [7, 11) is 0. The zero-order valence-corrected chi connectivity index (χ0v) is 13.8. The van der Waals surface area contributed by atoms with Gasteiger partial charge < -0.3 is 9.14 Å². The van der Waals surface area contributed by atoms with Crippen LogP contribution in [-0.4, -0.2) is 23.2 Å². The van der Waals surface area contributed by atoms with Gasteiger partial charge in [-0.3, -0.25) is 0 Å². The normalized spacial score (nSPS) is 9.95. The van der Waals surface area contributed by atoms with Gasteiger partial charge in [0.15, 0.2) is 0 Å². The number of ether oxygens (including phenoxy) is 1. The van der Waals surface area contributed by atoms with Gasteiger partial charge in [-0.15, -0.1) is 11.8 Å². The molecule has 0 fully saturated rings. The smallest absolute Gasteiger partial charge is 0.384 e. The fourth-order valence-corrected chi connectivity index (χ4v) is 3.12. The molecule has 0 spiro atoms. The van der Waals surface area contributed by atoms with Crippen LogP contribution < -0.4 is 0 Å². The van der Waals surface area contributed by atoms with Crippen LogP contribution in [0.4, 0.5) is 0 Å². The Labute approximate surface area is 134 Å². The molecule has 0 aliphatic carbocycles. The SMILES string of the molecule is CCOC(=O)C#Cc1c(SC)c(C#N)c2c(C)cc(C)cn12. The molecule has 4 nitrogen and oxygen atoms in total. The summed E-state index contributed by atoms with van der Waals surface area (Å²) < 4.78 is 6.73. The van der Waals surface area contributed by atoms with Crippen LogP contribution in [0.1, 0.15) is 29.3 Å². The van der Waals surface area contributed by atoms with Gasteiger partial charge in [0.25, 0.3) is 0 Å². The number of aryl methyl sites for hydroxylation is 2. The monoisotopic (exact) mass is 312 g/mol. The lowest BCUT2D eigenvalue weighted by Crippen LogP contribution is -2.00. The van der Waals surface area contributed by atoms with Gasteiger partial charge in [0.2, 0.25) is 0 Å². The molecule has 0 aromatic carbocycles. The van der Waals surface area contributed by atoms with Crippen molar-refractivity contribution in [2.45, 2.75) is 25.7 Å². The number of hydrogen-bond acceptors (Lipinski definition) is 4. The predicted molar refractivity (Wildman–Crippen MR) is 86.9 cm³/mol. The standard InChI is InChI=1S/C17H16N2O2S/c1-5-21-15(20)7-6-14-17(22-4)13(9-18)16-12(3)8-11(2)10-19(14)16/h8,10H,5H2,1-4H3. The molecular weight excluding hydrogens is 296 g/mol. The number of carbonyl (C=O) groups excluding carboxylic acids is 1. The Balaban J connectivity index is 2.77. The zero-order chi connectivity index (χ0) is 16.3. The molecule has 0 amide bonds. The number of fused-ring (bicyclic) bond motifs is 1. The van der Waals surface area contributed by atoms with Gasteiger partial charge in [-0.25, -0.2) is 4.79 Å². The molecule has 2 heterocycles. The molecule has 0 atom stereocenters. The third-order valence-electron chi connectivity index (χ3n) is 3.19. The van der Waals surface area contributed by atoms with Crippen LogP contribution in [0, 0.1) is 37.0 Å². The molecule has 0 aliphatic rings. The minimum Gasteiger partial charge on any atom is -0.456 e. The van der Waals surface area contributed by atoms with Crippen LogP contribution in [0.25, 0.3) is 5.52 Å². The van der Waals surface area contributed by atoms with Crippen molar-refractivity contribution in [1.29, 1.82) is 5.26 Å². The second-order valence-corrected chi connectivity index (χ2v) is 5.57. The highest BCUT2D eigenvalue weighted by atomic mass is 32.2. The molecule has 0 saturated carbocycles. The van der Waals surface area contributed by atoms with Gasteiger partial charge in [-0.2, -0.15) is 5.26 Å². The lowest BCUT2D eigenvalue weighted by molar-refractivity contribution is -0.136. The van der Waals surface area contributed by atoms with Crippen molar-refractivity contribution in [3.8, 4) is 17.9 Å². The molecule has 2 rings (SSSR count). The first kappa shape index (κ1) is 16.0. The average Bonchev–Trinajstić information content (AvgIpc) is 2.78. The second-order valence-electron chi connectivity index (χ2n) is 4.76. The fourth-order valence-electron chi connectivity index (χ4n) is 2.43. The van der Waals surface area contributed by atoms with E-state index in [1.54, 1.807) is 6.92 Å². The molecule has 0 bridgehead atoms. The number of pyridine rings is 1. The van der Waals surface area contributed by atoms with E-state index in [9.17, 15) is 10.1 Å². The highest BCUT2D eigenvalue weighted by Crippen LogP contribution is 2.32. The Bertz CT molecular complexity index is 848. The van der Waals surface area contributed by atoms with Crippen LogP contribution in [0.5, 0.6) is 0 Å². The Morgan fingerprint density at radius 2 is 2.18 bits per heavy atom. The van der Waals surface area contributed by atoms with E-state index in [4.69, 9.17) is 4.74 Å². The zero-order valence-electron chi connectivity index (χ0n) is 13.0. The van der Waals surface area contributed by atoms with E-state index >= 15 is 0 Å². The van der Waals surface area contributed by atoms with E-state index < -0.39 is 5.97 Å². The molecule has 22 heavy (non-hydrogen) atoms. The van der Waals surface area contributed by atoms with E-state index in [2.05, 4.69) is 17.9 Å². The summed E-state index contributed by atoms with van der Waals surface area (Å²) in [5, 5.41) is 9.50. The number of rotatable bonds is 2. The highest BCUT2D eigenvalue weighted by Gasteiger charge is 2.18. The molecule has 0 radical (unpaired) electrons. The van der Waals surface area contributed by atoms with Gasteiger partial charge in [0.1, 0.15) is 11.8 Å². The lowest BCUT2D eigenvalue weighted by atomic mass is 10.1. The number of hydrogen-bond donors (Lipinski definition) is 0. The van der Waals surface area contributed by atoms with Crippen molar-refractivity contribution in [2.75, 3.05) is 12.9 Å². The second kappa shape index (κ2) is 6.60. The van der Waals surface area contributed by atoms with Crippen LogP contribution in [-0.2, 0) is 9.53 Å². The van der Waals surface area contributed by atoms with Crippen LogP contribution >= 0.6 is 11.8 Å². The van der Waals surface area contributed by atoms with Crippen molar-refractivity contribution < 1.29 is 9.53 Å². The van der Waals surface area contributed by atoms with Gasteiger partial charge in [0.05, 0.1) is 22.6 Å². The van der Waals surface area contributed by atoms with Crippen molar-refractivity contribution in [3.05, 3.63) is 34.6 Å². The lowest BCUT2D eigenvalue weighted by Gasteiger charge is -2.03. The maximum atomic E-state index is 11.5. The molecule has 0 saturated heterocycles. The molecule has 0 N–H and O–H groups in total. The molecule has 112 valence electrons. The van der Waals surface area contributed by atoms with E-state index in [0.29, 0.717) is 17.9 Å². The van der Waals surface area contributed by atoms with E-state index in [-0.39, 0.29) is 0 Å². The number of esters is 1. The first-order chi connectivity index (χ1) is 10.5. The maximum absolute atomic E-state index is 11.5. The third kappa shape index (κ3) is 2.81. The summed E-state index contributed by atoms with van der Waals surface area (Å²) in [4.78, 5) is 12.3. The van der Waals surface area contributed by atoms with Crippen LogP contribution in [0.2, 0.25) is 0 Å². The molecule has 0 aliphatic heterocycles. The Kier molecular flexibility index (Phi) is 4.80. The number of aromatic nitrogens is 1. The number of nitriles is 1. The Morgan fingerprint density at radius 3 is 2.77 bits per heavy atom. The maximum Gasteiger partial charge on any atom is 0.384 e. The van der Waals surface area contributed by atoms with Gasteiger partial charge in [-0.1, -0.05) is 6.07 Å². The number of carbonyl (C=O) groups is 1. The Morgan fingerprint density at radius 1 is 1.45 bits per heavy atom. The summed E-state index contributed by atoms with van der Waals surface area (Å²) in [5.74, 6) is 4.79. The number of thioether (sulfide) groups is 1. The van der Waals surface area contributed by atoms with Gasteiger partial charge in [-0.05, 0) is 44.1 Å². The summed E-state index contributed by atoms with van der Waals surface area (Å²) in [6, 6.07) is 4.29. The third-order valence-corrected chi connectivity index (χ3v) is 3.99. The summed E-state index contributed by atoms with van der Waals surface area (Å²) in [5.41, 5.74) is 4.16. The van der Waals surface area contributed by atoms with Crippen molar-refractivity contribution in [1.82, 2.24) is 4.40 Å². The van der Waals surface area contributed by atoms with E-state index in [1.165, 1.54) is 11.8 Å². The van der Waals surface area contributed by atoms with E-state index in [0.717, 1.165) is 21.5 Å². The summed E-state index contributed by atoms with van der Waals surface area (Å²) >= 11 is 1.45. The number of nitrogens with zero attached hydrogens (tertiary/aromatic N) is 2. The largest absolute Gasteiger partial charge is 0.456 e. The quantitative estimate of drug-likeness (QED) is 0.486. The molecule has 5 heteroatoms. The first-order valence-electron chi connectivity index (χ1n) is 6.81. The van der Waals surface area contributed by atoms with Crippen LogP contribution in [0.3, 0.4) is 0 Å². The van der Waals surface area contributed by atoms with Gasteiger partial charge in [0, 0.05) is 12.1 Å². The fraction of sp³-hybridized carbons (Fsp3) is 0.294. The minimum atomic E-state index is -0.563. The minimum absolute atomic E-state index is 0.291. The topological polar surface area (TPSA) is 54.5 Å². The van der Waals surface area contributed by atoms with Crippen molar-refractivity contribution >= 4 is 23.2 Å². The summed E-state index contributed by atoms with van der Waals surface area (Å²) in [6.45, 7) is 5.98. The first-order valence-corrected chi connectivity index (χ1v) is 8.04. The Hall–Kier alpha value is -2.37. The van der Waals surface area contributed by atoms with Crippen molar-refractivity contribution in [3.63, 3.8) is 0 Å². The van der Waals surface area contributed by atoms with Gasteiger partial charge >= 0.3 is 5.97 Å². The van der Waals surface area contributed by atoms with Crippen molar-refractivity contribution in [2.24, 2.45) is 0 Å². The molecule has 0 unspecified atom stereocenters. The van der Waals surface area contributed by atoms with Crippen LogP contribution in [0.15, 0.2) is 17.2 Å². The average molecular weight is 312 g/mol. The molecule has 2 aromatic heterocycles. The molecular formula is C17H16N2O2S.